The van der Waals surface area contributed by atoms with Crippen molar-refractivity contribution in [1.29, 1.82) is 0 Å². The summed E-state index contributed by atoms with van der Waals surface area (Å²) < 4.78 is 1.86. The molecule has 2 aromatic heterocycles. The third-order valence-corrected chi connectivity index (χ3v) is 4.34. The van der Waals surface area contributed by atoms with Crippen LogP contribution in [0.4, 0.5) is 0 Å². The molecule has 22 heavy (non-hydrogen) atoms. The Kier molecular flexibility index (Phi) is 4.13. The number of aliphatic hydroxyl groups is 1. The molecule has 1 aliphatic heterocycles. The zero-order valence-corrected chi connectivity index (χ0v) is 13.0. The lowest BCUT2D eigenvalue weighted by atomic mass is 10.0. The van der Waals surface area contributed by atoms with Gasteiger partial charge in [0.05, 0.1) is 11.6 Å². The van der Waals surface area contributed by atoms with Crippen molar-refractivity contribution in [2.24, 2.45) is 5.92 Å². The number of rotatable bonds is 4. The second-order valence-electron chi connectivity index (χ2n) is 6.21. The van der Waals surface area contributed by atoms with Crippen LogP contribution in [0, 0.1) is 5.92 Å². The van der Waals surface area contributed by atoms with Gasteiger partial charge in [-0.15, -0.1) is 0 Å². The van der Waals surface area contributed by atoms with Crippen molar-refractivity contribution in [2.45, 2.75) is 19.1 Å². The number of amides is 1. The minimum atomic E-state index is -0.437. The molecule has 1 aliphatic rings. The van der Waals surface area contributed by atoms with Crippen molar-refractivity contribution in [2.75, 3.05) is 27.2 Å². The average Bonchev–Trinajstić information content (AvgIpc) is 3.07. The molecule has 118 valence electrons. The van der Waals surface area contributed by atoms with E-state index in [1.807, 2.05) is 22.8 Å². The number of likely N-dealkylation sites (tertiary alicyclic amines) is 1. The summed E-state index contributed by atoms with van der Waals surface area (Å²) in [6, 6.07) is 6.06. The van der Waals surface area contributed by atoms with Gasteiger partial charge in [-0.2, -0.15) is 5.10 Å². The van der Waals surface area contributed by atoms with E-state index in [1.54, 1.807) is 25.2 Å². The molecule has 6 nitrogen and oxygen atoms in total. The summed E-state index contributed by atoms with van der Waals surface area (Å²) in [6.07, 6.45) is 3.68. The third kappa shape index (κ3) is 2.98. The van der Waals surface area contributed by atoms with E-state index in [0.29, 0.717) is 13.0 Å². The van der Waals surface area contributed by atoms with Crippen LogP contribution in [-0.2, 0) is 11.3 Å². The predicted molar refractivity (Wildman–Crippen MR) is 83.3 cm³/mol. The molecule has 0 aliphatic carbocycles. The molecule has 1 amide bonds. The molecule has 2 aromatic rings. The Morgan fingerprint density at radius 2 is 2.23 bits per heavy atom. The van der Waals surface area contributed by atoms with Gasteiger partial charge < -0.3 is 10.0 Å². The first-order chi connectivity index (χ1) is 10.5. The minimum Gasteiger partial charge on any atom is -0.391 e. The second-order valence-corrected chi connectivity index (χ2v) is 6.21. The third-order valence-electron chi connectivity index (χ3n) is 4.34. The molecule has 1 fully saturated rings. The van der Waals surface area contributed by atoms with Crippen LogP contribution in [0.2, 0.25) is 0 Å². The van der Waals surface area contributed by atoms with Crippen molar-refractivity contribution in [1.82, 2.24) is 19.4 Å². The molecule has 1 N–H and O–H groups in total. The molecule has 0 spiro atoms. The highest BCUT2D eigenvalue weighted by atomic mass is 16.3. The largest absolute Gasteiger partial charge is 0.391 e. The molecule has 6 heteroatoms. The summed E-state index contributed by atoms with van der Waals surface area (Å²) in [5, 5.41) is 14.5. The Bertz CT molecular complexity index is 667. The first kappa shape index (κ1) is 15.0. The van der Waals surface area contributed by atoms with Gasteiger partial charge in [0.2, 0.25) is 5.91 Å². The van der Waals surface area contributed by atoms with Crippen molar-refractivity contribution in [3.63, 3.8) is 0 Å². The quantitative estimate of drug-likeness (QED) is 0.899. The number of hydrogen-bond donors (Lipinski definition) is 1. The van der Waals surface area contributed by atoms with E-state index in [4.69, 9.17) is 0 Å². The molecule has 0 radical (unpaired) electrons. The fourth-order valence-electron chi connectivity index (χ4n) is 3.07. The second kappa shape index (κ2) is 6.06. The monoisotopic (exact) mass is 302 g/mol. The predicted octanol–water partition coefficient (Wildman–Crippen LogP) is 0.605. The topological polar surface area (TPSA) is 61.1 Å². The number of aromatic nitrogens is 2. The van der Waals surface area contributed by atoms with Gasteiger partial charge in [-0.05, 0) is 17.7 Å². The number of nitrogens with zero attached hydrogens (tertiary/aromatic N) is 4. The van der Waals surface area contributed by atoms with Gasteiger partial charge in [0, 0.05) is 58.5 Å². The Morgan fingerprint density at radius 3 is 3.00 bits per heavy atom. The van der Waals surface area contributed by atoms with E-state index >= 15 is 0 Å². The summed E-state index contributed by atoms with van der Waals surface area (Å²) in [4.78, 5) is 15.6. The van der Waals surface area contributed by atoms with E-state index in [0.717, 1.165) is 18.6 Å². The maximum absolute atomic E-state index is 11.8. The number of carbonyl (C=O) groups is 1. The SMILES string of the molecule is CN(C)C(=O)C[C@@H]1CN(Cc2cccn3nccc23)C[C@H]1O. The summed E-state index contributed by atoms with van der Waals surface area (Å²) in [5.74, 6) is 0.0864. The Hall–Kier alpha value is -1.92. The van der Waals surface area contributed by atoms with Crippen LogP contribution in [0.3, 0.4) is 0 Å². The number of hydrogen-bond acceptors (Lipinski definition) is 4. The Balaban J connectivity index is 1.67. The van der Waals surface area contributed by atoms with Crippen LogP contribution in [0.5, 0.6) is 0 Å². The van der Waals surface area contributed by atoms with E-state index in [1.165, 1.54) is 5.56 Å². The van der Waals surface area contributed by atoms with Crippen molar-refractivity contribution in [3.05, 3.63) is 36.2 Å². The fourth-order valence-corrected chi connectivity index (χ4v) is 3.07. The highest BCUT2D eigenvalue weighted by Crippen LogP contribution is 2.23. The number of pyridine rings is 1. The lowest BCUT2D eigenvalue weighted by Gasteiger charge is -2.17. The van der Waals surface area contributed by atoms with Crippen LogP contribution in [0.25, 0.3) is 5.52 Å². The lowest BCUT2D eigenvalue weighted by Crippen LogP contribution is -2.28. The van der Waals surface area contributed by atoms with E-state index in [9.17, 15) is 9.90 Å². The van der Waals surface area contributed by atoms with Gasteiger partial charge in [-0.3, -0.25) is 9.69 Å². The minimum absolute atomic E-state index is 0.0135. The zero-order valence-electron chi connectivity index (χ0n) is 13.0. The van der Waals surface area contributed by atoms with Crippen LogP contribution >= 0.6 is 0 Å². The molecule has 2 atom stereocenters. The Labute approximate surface area is 129 Å². The van der Waals surface area contributed by atoms with Crippen LogP contribution in [0.1, 0.15) is 12.0 Å². The average molecular weight is 302 g/mol. The molecule has 0 aromatic carbocycles. The molecular weight excluding hydrogens is 280 g/mol. The van der Waals surface area contributed by atoms with Crippen LogP contribution < -0.4 is 0 Å². The highest BCUT2D eigenvalue weighted by molar-refractivity contribution is 5.75. The summed E-state index contributed by atoms with van der Waals surface area (Å²) in [7, 11) is 3.50. The first-order valence-corrected chi connectivity index (χ1v) is 7.56. The molecule has 0 bridgehead atoms. The summed E-state index contributed by atoms with van der Waals surface area (Å²) in [6.45, 7) is 2.12. The van der Waals surface area contributed by atoms with E-state index in [-0.39, 0.29) is 11.8 Å². The molecule has 3 rings (SSSR count). The summed E-state index contributed by atoms with van der Waals surface area (Å²) in [5.41, 5.74) is 2.27. The maximum Gasteiger partial charge on any atom is 0.222 e. The highest BCUT2D eigenvalue weighted by Gasteiger charge is 2.33. The van der Waals surface area contributed by atoms with Crippen molar-refractivity contribution in [3.8, 4) is 0 Å². The first-order valence-electron chi connectivity index (χ1n) is 7.56. The lowest BCUT2D eigenvalue weighted by molar-refractivity contribution is -0.130. The Morgan fingerprint density at radius 1 is 1.41 bits per heavy atom. The fraction of sp³-hybridized carbons (Fsp3) is 0.500. The number of carbonyl (C=O) groups excluding carboxylic acids is 1. The molecule has 0 saturated carbocycles. The van der Waals surface area contributed by atoms with Gasteiger partial charge in [0.25, 0.3) is 0 Å². The maximum atomic E-state index is 11.8. The van der Waals surface area contributed by atoms with Gasteiger partial charge in [0.15, 0.2) is 0 Å². The molecule has 0 unspecified atom stereocenters. The number of β-amino-alcohol motifs (C(OH)–C–C–N with tert-alkyl or cyclic N) is 1. The molecule has 3 heterocycles. The van der Waals surface area contributed by atoms with Crippen LogP contribution in [-0.4, -0.2) is 63.7 Å². The standard InChI is InChI=1S/C16H22N4O2/c1-18(2)16(22)8-13-10-19(11-15(13)21)9-12-4-3-7-20-14(12)5-6-17-20/h3-7,13,15,21H,8-11H2,1-2H3/t13-,15-/m1/s1. The molecule has 1 saturated heterocycles. The summed E-state index contributed by atoms with van der Waals surface area (Å²) >= 11 is 0. The van der Waals surface area contributed by atoms with Crippen LogP contribution in [0.15, 0.2) is 30.6 Å². The zero-order chi connectivity index (χ0) is 15.7. The smallest absolute Gasteiger partial charge is 0.222 e. The van der Waals surface area contributed by atoms with E-state index < -0.39 is 6.10 Å². The number of fused-ring (bicyclic) bond motifs is 1. The van der Waals surface area contributed by atoms with Gasteiger partial charge in [0.1, 0.15) is 0 Å². The van der Waals surface area contributed by atoms with Crippen molar-refractivity contribution >= 4 is 11.4 Å². The van der Waals surface area contributed by atoms with Gasteiger partial charge in [-0.1, -0.05) is 6.07 Å². The van der Waals surface area contributed by atoms with Gasteiger partial charge in [-0.25, -0.2) is 4.52 Å². The van der Waals surface area contributed by atoms with E-state index in [2.05, 4.69) is 16.1 Å². The van der Waals surface area contributed by atoms with Crippen molar-refractivity contribution < 1.29 is 9.90 Å². The van der Waals surface area contributed by atoms with Gasteiger partial charge >= 0.3 is 0 Å². The number of aliphatic hydroxyl groups excluding tert-OH is 1. The normalized spacial score (nSPS) is 22.3. The molecular formula is C16H22N4O2.